The van der Waals surface area contributed by atoms with Crippen LogP contribution in [0.1, 0.15) is 36.9 Å². The zero-order valence-corrected chi connectivity index (χ0v) is 18.8. The molecule has 1 amide bonds. The Labute approximate surface area is 186 Å². The minimum Gasteiger partial charge on any atom is -0.486 e. The van der Waals surface area contributed by atoms with Crippen molar-refractivity contribution in [1.82, 2.24) is 19.7 Å². The molecule has 0 saturated carbocycles. The Morgan fingerprint density at radius 1 is 1.19 bits per heavy atom. The van der Waals surface area contributed by atoms with Crippen LogP contribution in [0.3, 0.4) is 0 Å². The van der Waals surface area contributed by atoms with Crippen molar-refractivity contribution in [2.24, 2.45) is 5.92 Å². The third kappa shape index (κ3) is 5.70. The van der Waals surface area contributed by atoms with Crippen LogP contribution in [0.5, 0.6) is 5.75 Å². The van der Waals surface area contributed by atoms with Gasteiger partial charge in [-0.15, -0.1) is 10.2 Å². The molecule has 0 bridgehead atoms. The van der Waals surface area contributed by atoms with Crippen LogP contribution >= 0.6 is 11.8 Å². The number of rotatable bonds is 8. The van der Waals surface area contributed by atoms with E-state index in [0.29, 0.717) is 29.2 Å². The van der Waals surface area contributed by atoms with Crippen LogP contribution in [0, 0.1) is 12.8 Å². The highest BCUT2D eigenvalue weighted by molar-refractivity contribution is 7.99. The van der Waals surface area contributed by atoms with Crippen molar-refractivity contribution in [3.63, 3.8) is 0 Å². The number of nitrogens with zero attached hydrogens (tertiary/aromatic N) is 4. The molecule has 0 N–H and O–H groups in total. The third-order valence-electron chi connectivity index (χ3n) is 5.54. The topological polar surface area (TPSA) is 73.4 Å². The lowest BCUT2D eigenvalue weighted by molar-refractivity contribution is -0.129. The van der Waals surface area contributed by atoms with Crippen molar-refractivity contribution in [2.75, 3.05) is 18.8 Å². The first-order valence-electron chi connectivity index (χ1n) is 10.6. The standard InChI is InChI=1S/C23H28N4O3S/c1-17-5-7-19(8-6-17)30-15-21-24-25-23(27(21)14-20-4-3-13-29-20)31-16-22(28)26-11-9-18(2)10-12-26/h3-8,13,18H,9-12,14-16H2,1-2H3. The fraction of sp³-hybridized carbons (Fsp3) is 0.435. The average molecular weight is 441 g/mol. The Kier molecular flexibility index (Phi) is 6.96. The van der Waals surface area contributed by atoms with E-state index in [2.05, 4.69) is 17.1 Å². The highest BCUT2D eigenvalue weighted by atomic mass is 32.2. The van der Waals surface area contributed by atoms with Gasteiger partial charge in [-0.1, -0.05) is 36.4 Å². The number of thioether (sulfide) groups is 1. The Morgan fingerprint density at radius 2 is 1.97 bits per heavy atom. The zero-order valence-electron chi connectivity index (χ0n) is 18.0. The number of furan rings is 1. The minimum atomic E-state index is 0.155. The Hall–Kier alpha value is -2.74. The van der Waals surface area contributed by atoms with Crippen LogP contribution in [0.2, 0.25) is 0 Å². The largest absolute Gasteiger partial charge is 0.486 e. The van der Waals surface area contributed by atoms with Gasteiger partial charge in [-0.3, -0.25) is 9.36 Å². The first-order chi connectivity index (χ1) is 15.1. The molecular formula is C23H28N4O3S. The molecule has 7 nitrogen and oxygen atoms in total. The summed E-state index contributed by atoms with van der Waals surface area (Å²) in [7, 11) is 0. The van der Waals surface area contributed by atoms with E-state index >= 15 is 0 Å². The molecule has 0 atom stereocenters. The smallest absolute Gasteiger partial charge is 0.233 e. The third-order valence-corrected chi connectivity index (χ3v) is 6.49. The summed E-state index contributed by atoms with van der Waals surface area (Å²) in [4.78, 5) is 14.6. The lowest BCUT2D eigenvalue weighted by Gasteiger charge is -2.30. The first kappa shape index (κ1) is 21.5. The second-order valence-electron chi connectivity index (χ2n) is 8.02. The molecule has 8 heteroatoms. The number of likely N-dealkylation sites (tertiary alicyclic amines) is 1. The molecule has 4 rings (SSSR count). The summed E-state index contributed by atoms with van der Waals surface area (Å²) in [5.74, 6) is 3.48. The number of ether oxygens (including phenoxy) is 1. The highest BCUT2D eigenvalue weighted by Crippen LogP contribution is 2.23. The zero-order chi connectivity index (χ0) is 21.6. The van der Waals surface area contributed by atoms with Crippen LogP contribution in [0.25, 0.3) is 0 Å². The van der Waals surface area contributed by atoms with Crippen molar-refractivity contribution in [3.8, 4) is 5.75 Å². The van der Waals surface area contributed by atoms with Gasteiger partial charge in [0.15, 0.2) is 11.0 Å². The van der Waals surface area contributed by atoms with Crippen LogP contribution < -0.4 is 4.74 Å². The van der Waals surface area contributed by atoms with Crippen LogP contribution in [0.15, 0.2) is 52.2 Å². The number of benzene rings is 1. The number of hydrogen-bond donors (Lipinski definition) is 0. The number of amides is 1. The first-order valence-corrected chi connectivity index (χ1v) is 11.6. The molecular weight excluding hydrogens is 412 g/mol. The maximum absolute atomic E-state index is 12.7. The Morgan fingerprint density at radius 3 is 2.68 bits per heavy atom. The molecule has 0 aliphatic carbocycles. The summed E-state index contributed by atoms with van der Waals surface area (Å²) in [5, 5.41) is 9.36. The maximum atomic E-state index is 12.7. The van der Waals surface area contributed by atoms with E-state index in [1.807, 2.05) is 52.8 Å². The second-order valence-corrected chi connectivity index (χ2v) is 8.96. The number of carbonyl (C=O) groups excluding carboxylic acids is 1. The van der Waals surface area contributed by atoms with Gasteiger partial charge in [0.1, 0.15) is 18.1 Å². The monoisotopic (exact) mass is 440 g/mol. The van der Waals surface area contributed by atoms with Crippen LogP contribution in [-0.4, -0.2) is 44.4 Å². The van der Waals surface area contributed by atoms with Crippen LogP contribution in [-0.2, 0) is 17.9 Å². The van der Waals surface area contributed by atoms with Gasteiger partial charge in [-0.2, -0.15) is 0 Å². The summed E-state index contributed by atoms with van der Waals surface area (Å²) in [6, 6.07) is 11.7. The van der Waals surface area contributed by atoms with E-state index < -0.39 is 0 Å². The minimum absolute atomic E-state index is 0.155. The van der Waals surface area contributed by atoms with E-state index in [4.69, 9.17) is 9.15 Å². The maximum Gasteiger partial charge on any atom is 0.233 e. The molecule has 0 spiro atoms. The van der Waals surface area contributed by atoms with E-state index in [1.54, 1.807) is 6.26 Å². The van der Waals surface area contributed by atoms with Crippen molar-refractivity contribution < 1.29 is 13.9 Å². The van der Waals surface area contributed by atoms with Gasteiger partial charge in [0, 0.05) is 13.1 Å². The van der Waals surface area contributed by atoms with Crippen molar-refractivity contribution in [3.05, 3.63) is 59.8 Å². The predicted octanol–water partition coefficient (Wildman–Crippen LogP) is 4.16. The molecule has 0 unspecified atom stereocenters. The molecule has 0 radical (unpaired) electrons. The number of hydrogen-bond acceptors (Lipinski definition) is 6. The highest BCUT2D eigenvalue weighted by Gasteiger charge is 2.22. The predicted molar refractivity (Wildman–Crippen MR) is 119 cm³/mol. The number of carbonyl (C=O) groups is 1. The van der Waals surface area contributed by atoms with E-state index in [9.17, 15) is 4.79 Å². The van der Waals surface area contributed by atoms with Gasteiger partial charge in [0.2, 0.25) is 5.91 Å². The fourth-order valence-corrected chi connectivity index (χ4v) is 4.37. The SMILES string of the molecule is Cc1ccc(OCc2nnc(SCC(=O)N3CCC(C)CC3)n2Cc2ccco2)cc1. The number of piperidine rings is 1. The summed E-state index contributed by atoms with van der Waals surface area (Å²) in [5.41, 5.74) is 1.18. The van der Waals surface area contributed by atoms with Crippen molar-refractivity contribution >= 4 is 17.7 Å². The lowest BCUT2D eigenvalue weighted by Crippen LogP contribution is -2.38. The average Bonchev–Trinajstić information content (AvgIpc) is 3.43. The number of aromatic nitrogens is 3. The Bertz CT molecular complexity index is 977. The molecule has 1 aromatic carbocycles. The fourth-order valence-electron chi connectivity index (χ4n) is 3.51. The summed E-state index contributed by atoms with van der Waals surface area (Å²) >= 11 is 1.42. The van der Waals surface area contributed by atoms with Gasteiger partial charge in [-0.05, 0) is 49.9 Å². The summed E-state index contributed by atoms with van der Waals surface area (Å²) in [6.07, 6.45) is 3.80. The molecule has 164 valence electrons. The summed E-state index contributed by atoms with van der Waals surface area (Å²) in [6.45, 7) is 6.75. The molecule has 31 heavy (non-hydrogen) atoms. The van der Waals surface area contributed by atoms with Gasteiger partial charge in [0.05, 0.1) is 18.6 Å². The lowest BCUT2D eigenvalue weighted by atomic mass is 9.99. The normalized spacial score (nSPS) is 14.7. The van der Waals surface area contributed by atoms with Crippen molar-refractivity contribution in [1.29, 1.82) is 0 Å². The second kappa shape index (κ2) is 10.0. The molecule has 3 aromatic rings. The van der Waals surface area contributed by atoms with E-state index in [-0.39, 0.29) is 12.5 Å². The molecule has 1 aliphatic rings. The molecule has 2 aromatic heterocycles. The molecule has 3 heterocycles. The van der Waals surface area contributed by atoms with Crippen LogP contribution in [0.4, 0.5) is 0 Å². The van der Waals surface area contributed by atoms with E-state index in [1.165, 1.54) is 17.3 Å². The molecule has 1 fully saturated rings. The quantitative estimate of drug-likeness (QED) is 0.490. The van der Waals surface area contributed by atoms with Gasteiger partial charge in [0.25, 0.3) is 0 Å². The van der Waals surface area contributed by atoms with Gasteiger partial charge in [-0.25, -0.2) is 0 Å². The summed E-state index contributed by atoms with van der Waals surface area (Å²) < 4.78 is 13.4. The molecule has 1 saturated heterocycles. The Balaban J connectivity index is 1.43. The van der Waals surface area contributed by atoms with E-state index in [0.717, 1.165) is 37.4 Å². The number of aryl methyl sites for hydroxylation is 1. The molecule has 1 aliphatic heterocycles. The van der Waals surface area contributed by atoms with Gasteiger partial charge < -0.3 is 14.1 Å². The van der Waals surface area contributed by atoms with Crippen molar-refractivity contribution in [2.45, 2.75) is 45.0 Å². The van der Waals surface area contributed by atoms with Gasteiger partial charge >= 0.3 is 0 Å².